The fraction of sp³-hybridized carbons (Fsp3) is 0.500. The Morgan fingerprint density at radius 3 is 2.54 bits per heavy atom. The van der Waals surface area contributed by atoms with E-state index in [1.807, 2.05) is 34.9 Å². The molecule has 3 aromatic rings. The van der Waals surface area contributed by atoms with Gasteiger partial charge in [-0.05, 0) is 55.4 Å². The summed E-state index contributed by atoms with van der Waals surface area (Å²) in [6.07, 6.45) is 3.81. The largest absolute Gasteiger partial charge is 0.444 e. The molecule has 7 rings (SSSR count). The second-order valence-corrected chi connectivity index (χ2v) is 15.3. The average molecular weight is 822 g/mol. The molecule has 316 valence electrons. The number of halogens is 3. The number of rotatable bonds is 15. The highest BCUT2D eigenvalue weighted by atomic mass is 19.1. The topological polar surface area (TPSA) is 148 Å². The van der Waals surface area contributed by atoms with Crippen LogP contribution in [-0.2, 0) is 30.3 Å². The van der Waals surface area contributed by atoms with Crippen LogP contribution in [0, 0.1) is 23.5 Å². The lowest BCUT2D eigenvalue weighted by molar-refractivity contribution is -0.137. The van der Waals surface area contributed by atoms with Gasteiger partial charge in [-0.3, -0.25) is 14.5 Å². The fourth-order valence-electron chi connectivity index (χ4n) is 8.19. The number of aromatic nitrogens is 2. The summed E-state index contributed by atoms with van der Waals surface area (Å²) < 4.78 is 64.2. The number of alkyl halides is 1. The van der Waals surface area contributed by atoms with Gasteiger partial charge in [0.05, 0.1) is 38.0 Å². The monoisotopic (exact) mass is 821 g/mol. The lowest BCUT2D eigenvalue weighted by atomic mass is 9.89. The van der Waals surface area contributed by atoms with Gasteiger partial charge in [-0.2, -0.15) is 0 Å². The Bertz CT molecular complexity index is 1960. The molecule has 3 fully saturated rings. The van der Waals surface area contributed by atoms with E-state index in [0.29, 0.717) is 64.4 Å². The number of benzene rings is 2. The molecule has 2 N–H and O–H groups in total. The normalized spacial score (nSPS) is 21.6. The molecule has 5 heterocycles. The number of carbonyl (C=O) groups is 4. The standard InChI is InChI=1S/C42H50F3N7O7/c43-31-8-9-34(44)33(21-31)36-27-50(24-28-5-2-1-3-6-28)40(48-36)39(29-12-17-57-18-13-29)52(25-30-22-46-23-35(30)45)42(56)49-15-4-7-32(26-49)59-41(55)47-14-19-58-20-16-51-37(53)10-11-38(51)54/h1-3,5-6,8-11,21,27,29-30,32,35,39,46H,4,7,12-20,22-26H2,(H,47,55)/t30-,32?,35-,39+/m0/s1. The number of carbonyl (C=O) groups excluding carboxylic acids is 4. The van der Waals surface area contributed by atoms with Gasteiger partial charge in [0.1, 0.15) is 29.7 Å². The van der Waals surface area contributed by atoms with E-state index in [9.17, 15) is 18.8 Å². The van der Waals surface area contributed by atoms with Gasteiger partial charge in [-0.15, -0.1) is 0 Å². The van der Waals surface area contributed by atoms with Crippen molar-refractivity contribution < 1.29 is 46.6 Å². The second kappa shape index (κ2) is 19.7. The molecule has 3 saturated heterocycles. The van der Waals surface area contributed by atoms with Crippen LogP contribution in [0.2, 0.25) is 0 Å². The summed E-state index contributed by atoms with van der Waals surface area (Å²) >= 11 is 0. The van der Waals surface area contributed by atoms with Crippen molar-refractivity contribution in [1.29, 1.82) is 0 Å². The van der Waals surface area contributed by atoms with Crippen molar-refractivity contribution in [2.45, 2.75) is 50.5 Å². The van der Waals surface area contributed by atoms with Crippen LogP contribution in [0.15, 0.2) is 66.9 Å². The molecule has 0 radical (unpaired) electrons. The van der Waals surface area contributed by atoms with Gasteiger partial charge in [0.2, 0.25) is 0 Å². The molecule has 4 aliphatic heterocycles. The highest BCUT2D eigenvalue weighted by Gasteiger charge is 2.42. The summed E-state index contributed by atoms with van der Waals surface area (Å²) in [5.74, 6) is -2.27. The SMILES string of the molecule is O=C(NCCOCCN1C(=O)C=CC1=O)OC1CCCN(C(=O)N(C[C@@H]2CNC[C@@H]2F)[C@@H](c2nc(-c3cc(F)ccc3F)cn2Cc2ccccc2)C2CCOCC2)C1. The highest BCUT2D eigenvalue weighted by molar-refractivity contribution is 6.12. The molecule has 1 aromatic heterocycles. The number of piperidine rings is 1. The van der Waals surface area contributed by atoms with E-state index >= 15 is 13.6 Å². The van der Waals surface area contributed by atoms with Crippen molar-refractivity contribution in [2.75, 3.05) is 72.2 Å². The average Bonchev–Trinajstić information content (AvgIpc) is 3.94. The summed E-state index contributed by atoms with van der Waals surface area (Å²) in [5.41, 5.74) is 1.12. The lowest BCUT2D eigenvalue weighted by Crippen LogP contribution is -2.54. The summed E-state index contributed by atoms with van der Waals surface area (Å²) in [6.45, 7) is 2.73. The van der Waals surface area contributed by atoms with E-state index in [0.717, 1.165) is 28.7 Å². The molecule has 0 bridgehead atoms. The third kappa shape index (κ3) is 10.5. The van der Waals surface area contributed by atoms with Crippen molar-refractivity contribution in [3.05, 3.63) is 89.9 Å². The molecular formula is C42H50F3N7O7. The first-order chi connectivity index (χ1) is 28.6. The number of imidazole rings is 1. The predicted molar refractivity (Wildman–Crippen MR) is 209 cm³/mol. The predicted octanol–water partition coefficient (Wildman–Crippen LogP) is 4.46. The maximum atomic E-state index is 15.5. The number of nitrogens with zero attached hydrogens (tertiary/aromatic N) is 5. The van der Waals surface area contributed by atoms with Gasteiger partial charge in [-0.25, -0.2) is 27.7 Å². The van der Waals surface area contributed by atoms with Gasteiger partial charge in [0, 0.05) is 82.3 Å². The molecule has 14 nitrogen and oxygen atoms in total. The molecule has 4 atom stereocenters. The number of likely N-dealkylation sites (tertiary alicyclic amines) is 1. The number of imide groups is 1. The summed E-state index contributed by atoms with van der Waals surface area (Å²) in [7, 11) is 0. The van der Waals surface area contributed by atoms with Crippen molar-refractivity contribution in [1.82, 2.24) is 34.9 Å². The number of hydrogen-bond donors (Lipinski definition) is 2. The number of amides is 5. The smallest absolute Gasteiger partial charge is 0.407 e. The quantitative estimate of drug-likeness (QED) is 0.168. The van der Waals surface area contributed by atoms with Crippen LogP contribution in [0.3, 0.4) is 0 Å². The van der Waals surface area contributed by atoms with Crippen LogP contribution < -0.4 is 10.6 Å². The molecule has 5 amide bonds. The minimum atomic E-state index is -1.20. The van der Waals surface area contributed by atoms with Gasteiger partial charge >= 0.3 is 12.1 Å². The Balaban J connectivity index is 1.11. The second-order valence-electron chi connectivity index (χ2n) is 15.3. The fourth-order valence-corrected chi connectivity index (χ4v) is 8.19. The van der Waals surface area contributed by atoms with Crippen LogP contribution in [0.4, 0.5) is 22.8 Å². The lowest BCUT2D eigenvalue weighted by Gasteiger charge is -2.43. The first-order valence-electron chi connectivity index (χ1n) is 20.2. The van der Waals surface area contributed by atoms with Crippen LogP contribution in [0.25, 0.3) is 11.3 Å². The van der Waals surface area contributed by atoms with Crippen molar-refractivity contribution in [3.63, 3.8) is 0 Å². The zero-order chi connectivity index (χ0) is 41.3. The zero-order valence-corrected chi connectivity index (χ0v) is 32.8. The molecule has 0 saturated carbocycles. The highest BCUT2D eigenvalue weighted by Crippen LogP contribution is 2.39. The van der Waals surface area contributed by atoms with Gasteiger partial charge in [0.15, 0.2) is 0 Å². The third-order valence-corrected chi connectivity index (χ3v) is 11.3. The van der Waals surface area contributed by atoms with E-state index in [4.69, 9.17) is 19.2 Å². The summed E-state index contributed by atoms with van der Waals surface area (Å²) in [5, 5.41) is 5.76. The maximum absolute atomic E-state index is 15.5. The van der Waals surface area contributed by atoms with Gasteiger partial charge in [0.25, 0.3) is 11.8 Å². The molecule has 59 heavy (non-hydrogen) atoms. The molecule has 1 unspecified atom stereocenters. The third-order valence-electron chi connectivity index (χ3n) is 11.3. The summed E-state index contributed by atoms with van der Waals surface area (Å²) in [4.78, 5) is 60.7. The molecule has 2 aromatic carbocycles. The van der Waals surface area contributed by atoms with Crippen LogP contribution in [0.1, 0.15) is 43.1 Å². The Labute approximate surface area is 340 Å². The maximum Gasteiger partial charge on any atom is 0.407 e. The minimum absolute atomic E-state index is 0.0149. The Hall–Kier alpha value is -5.26. The minimum Gasteiger partial charge on any atom is -0.444 e. The molecule has 0 aliphatic carbocycles. The van der Waals surface area contributed by atoms with Gasteiger partial charge in [-0.1, -0.05) is 30.3 Å². The molecule has 0 spiro atoms. The molecule has 4 aliphatic rings. The number of nitrogens with one attached hydrogen (secondary N) is 2. The zero-order valence-electron chi connectivity index (χ0n) is 32.8. The number of alkyl carbamates (subject to hydrolysis) is 1. The van der Waals surface area contributed by atoms with Crippen molar-refractivity contribution in [3.8, 4) is 11.3 Å². The van der Waals surface area contributed by atoms with E-state index in [1.54, 1.807) is 16.0 Å². The number of hydrogen-bond acceptors (Lipinski definition) is 9. The molecule has 17 heteroatoms. The Kier molecular flexibility index (Phi) is 14.0. The first-order valence-corrected chi connectivity index (χ1v) is 20.2. The van der Waals surface area contributed by atoms with Crippen LogP contribution in [0.5, 0.6) is 0 Å². The Morgan fingerprint density at radius 1 is 1.02 bits per heavy atom. The van der Waals surface area contributed by atoms with Crippen LogP contribution in [-0.4, -0.2) is 133 Å². The summed E-state index contributed by atoms with van der Waals surface area (Å²) in [6, 6.07) is 11.8. The van der Waals surface area contributed by atoms with Gasteiger partial charge < -0.3 is 39.2 Å². The Morgan fingerprint density at radius 2 is 1.80 bits per heavy atom. The number of ether oxygens (including phenoxy) is 3. The number of urea groups is 1. The van der Waals surface area contributed by atoms with E-state index in [1.165, 1.54) is 12.2 Å². The van der Waals surface area contributed by atoms with Crippen molar-refractivity contribution >= 4 is 23.9 Å². The van der Waals surface area contributed by atoms with Crippen molar-refractivity contribution in [2.24, 2.45) is 11.8 Å². The molecular weight excluding hydrogens is 771 g/mol. The van der Waals surface area contributed by atoms with Crippen LogP contribution >= 0.6 is 0 Å². The van der Waals surface area contributed by atoms with E-state index in [2.05, 4.69) is 10.6 Å². The van der Waals surface area contributed by atoms with E-state index in [-0.39, 0.29) is 69.1 Å². The first kappa shape index (κ1) is 41.9. The van der Waals surface area contributed by atoms with E-state index < -0.39 is 53.8 Å².